The molecule has 1 aliphatic heterocycles. The zero-order valence-electron chi connectivity index (χ0n) is 9.59. The quantitative estimate of drug-likeness (QED) is 0.629. The molecule has 0 aromatic carbocycles. The van der Waals surface area contributed by atoms with E-state index in [4.69, 9.17) is 11.6 Å². The van der Waals surface area contributed by atoms with Crippen molar-refractivity contribution in [3.63, 3.8) is 0 Å². The van der Waals surface area contributed by atoms with Crippen LogP contribution in [0.1, 0.15) is 16.8 Å². The highest BCUT2D eigenvalue weighted by molar-refractivity contribution is 6.33. The molecule has 18 heavy (non-hydrogen) atoms. The summed E-state index contributed by atoms with van der Waals surface area (Å²) in [6, 6.07) is 1.42. The van der Waals surface area contributed by atoms with Gasteiger partial charge in [0.25, 0.3) is 0 Å². The summed E-state index contributed by atoms with van der Waals surface area (Å²) >= 11 is 5.93. The summed E-state index contributed by atoms with van der Waals surface area (Å²) in [7, 11) is 1.24. The number of methoxy groups -OCH3 is 1. The second-order valence-electron chi connectivity index (χ2n) is 3.85. The van der Waals surface area contributed by atoms with E-state index in [0.717, 1.165) is 0 Å². The van der Waals surface area contributed by atoms with Crippen LogP contribution in [0.3, 0.4) is 0 Å². The van der Waals surface area contributed by atoms with Gasteiger partial charge in [0, 0.05) is 6.20 Å². The third-order valence-corrected chi connectivity index (χ3v) is 2.94. The van der Waals surface area contributed by atoms with Crippen LogP contribution in [0.25, 0.3) is 0 Å². The number of aliphatic hydroxyl groups is 1. The van der Waals surface area contributed by atoms with E-state index in [-0.39, 0.29) is 35.3 Å². The number of aliphatic hydroxyl groups excluding tert-OH is 1. The number of esters is 1. The predicted octanol–water partition coefficient (Wildman–Crippen LogP) is 0.619. The van der Waals surface area contributed by atoms with E-state index in [9.17, 15) is 14.7 Å². The zero-order valence-corrected chi connectivity index (χ0v) is 10.3. The Morgan fingerprint density at radius 2 is 2.39 bits per heavy atom. The molecule has 2 heterocycles. The van der Waals surface area contributed by atoms with Gasteiger partial charge in [0.15, 0.2) is 5.15 Å². The molecular weight excluding hydrogens is 260 g/mol. The normalized spacial score (nSPS) is 19.2. The van der Waals surface area contributed by atoms with Crippen LogP contribution in [0, 0.1) is 0 Å². The number of pyridine rings is 1. The number of amides is 1. The number of hydrogen-bond donors (Lipinski definition) is 1. The van der Waals surface area contributed by atoms with Gasteiger partial charge in [0.2, 0.25) is 5.91 Å². The van der Waals surface area contributed by atoms with Crippen LogP contribution in [0.4, 0.5) is 5.69 Å². The summed E-state index contributed by atoms with van der Waals surface area (Å²) < 4.78 is 4.63. The van der Waals surface area contributed by atoms with Crippen molar-refractivity contribution in [2.75, 3.05) is 18.6 Å². The van der Waals surface area contributed by atoms with Crippen LogP contribution in [-0.4, -0.2) is 41.7 Å². The molecule has 1 amide bonds. The molecule has 0 aliphatic carbocycles. The maximum Gasteiger partial charge on any atom is 0.340 e. The molecule has 1 N–H and O–H groups in total. The Morgan fingerprint density at radius 3 is 2.94 bits per heavy atom. The first kappa shape index (κ1) is 12.8. The van der Waals surface area contributed by atoms with Crippen molar-refractivity contribution in [1.82, 2.24) is 4.98 Å². The minimum absolute atomic E-state index is 0.00579. The van der Waals surface area contributed by atoms with Crippen molar-refractivity contribution in [3.8, 4) is 0 Å². The van der Waals surface area contributed by atoms with E-state index >= 15 is 0 Å². The van der Waals surface area contributed by atoms with E-state index in [2.05, 4.69) is 9.72 Å². The first-order valence-electron chi connectivity index (χ1n) is 5.26. The molecule has 1 unspecified atom stereocenters. The summed E-state index contributed by atoms with van der Waals surface area (Å²) in [4.78, 5) is 28.4. The molecule has 0 bridgehead atoms. The second-order valence-corrected chi connectivity index (χ2v) is 4.21. The molecule has 1 aliphatic rings. The van der Waals surface area contributed by atoms with Gasteiger partial charge in [0.05, 0.1) is 37.4 Å². The number of hydrogen-bond acceptors (Lipinski definition) is 5. The van der Waals surface area contributed by atoms with Crippen molar-refractivity contribution < 1.29 is 19.4 Å². The fraction of sp³-hybridized carbons (Fsp3) is 0.364. The SMILES string of the molecule is COC(=O)c1ccnc(Cl)c1N1CC(O)CC1=O. The molecule has 7 heteroatoms. The Balaban J connectivity index is 2.49. The smallest absolute Gasteiger partial charge is 0.340 e. The average molecular weight is 271 g/mol. The van der Waals surface area contributed by atoms with E-state index in [1.807, 2.05) is 0 Å². The highest BCUT2D eigenvalue weighted by Gasteiger charge is 2.33. The first-order chi connectivity index (χ1) is 8.54. The number of nitrogens with zero attached hydrogens (tertiary/aromatic N) is 2. The lowest BCUT2D eigenvalue weighted by Gasteiger charge is -2.19. The minimum Gasteiger partial charge on any atom is -0.465 e. The number of aromatic nitrogens is 1. The van der Waals surface area contributed by atoms with Crippen LogP contribution in [-0.2, 0) is 9.53 Å². The highest BCUT2D eigenvalue weighted by atomic mass is 35.5. The Hall–Kier alpha value is -1.66. The van der Waals surface area contributed by atoms with E-state index in [1.54, 1.807) is 0 Å². The Morgan fingerprint density at radius 1 is 1.67 bits per heavy atom. The van der Waals surface area contributed by atoms with Gasteiger partial charge in [-0.15, -0.1) is 0 Å². The lowest BCUT2D eigenvalue weighted by atomic mass is 10.2. The molecule has 1 aromatic rings. The fourth-order valence-electron chi connectivity index (χ4n) is 1.86. The first-order valence-corrected chi connectivity index (χ1v) is 5.63. The maximum atomic E-state index is 11.7. The third-order valence-electron chi connectivity index (χ3n) is 2.66. The lowest BCUT2D eigenvalue weighted by Crippen LogP contribution is -2.28. The summed E-state index contributed by atoms with van der Waals surface area (Å²) in [6.07, 6.45) is 0.597. The van der Waals surface area contributed by atoms with E-state index in [1.165, 1.54) is 24.3 Å². The van der Waals surface area contributed by atoms with E-state index in [0.29, 0.717) is 0 Å². The monoisotopic (exact) mass is 270 g/mol. The molecule has 1 aromatic heterocycles. The van der Waals surface area contributed by atoms with Gasteiger partial charge in [-0.2, -0.15) is 0 Å². The van der Waals surface area contributed by atoms with Crippen molar-refractivity contribution >= 4 is 29.2 Å². The largest absolute Gasteiger partial charge is 0.465 e. The number of β-amino-alcohol motifs (C(OH)–C–C–N with tert-alkyl or cyclic N) is 1. The van der Waals surface area contributed by atoms with Crippen LogP contribution in [0.15, 0.2) is 12.3 Å². The van der Waals surface area contributed by atoms with Crippen LogP contribution in [0.2, 0.25) is 5.15 Å². The molecule has 0 spiro atoms. The molecule has 0 saturated carbocycles. The van der Waals surface area contributed by atoms with E-state index < -0.39 is 12.1 Å². The second kappa shape index (κ2) is 4.91. The minimum atomic E-state index is -0.765. The van der Waals surface area contributed by atoms with Crippen LogP contribution in [0.5, 0.6) is 0 Å². The van der Waals surface area contributed by atoms with Crippen LogP contribution >= 0.6 is 11.6 Å². The molecule has 96 valence electrons. The molecule has 2 rings (SSSR count). The molecule has 1 fully saturated rings. The molecular formula is C11H11ClN2O4. The van der Waals surface area contributed by atoms with Gasteiger partial charge >= 0.3 is 5.97 Å². The lowest BCUT2D eigenvalue weighted by molar-refractivity contribution is -0.117. The van der Waals surface area contributed by atoms with Gasteiger partial charge in [0.1, 0.15) is 0 Å². The Labute approximate surface area is 108 Å². The summed E-state index contributed by atoms with van der Waals surface area (Å²) in [6.45, 7) is 0.0915. The average Bonchev–Trinajstić information content (AvgIpc) is 2.67. The predicted molar refractivity (Wildman–Crippen MR) is 63.6 cm³/mol. The highest BCUT2D eigenvalue weighted by Crippen LogP contribution is 2.31. The van der Waals surface area contributed by atoms with Crippen molar-refractivity contribution in [2.45, 2.75) is 12.5 Å². The number of anilines is 1. The number of carbonyl (C=O) groups is 2. The number of rotatable bonds is 2. The third kappa shape index (κ3) is 2.16. The molecule has 0 radical (unpaired) electrons. The van der Waals surface area contributed by atoms with Crippen molar-refractivity contribution in [2.24, 2.45) is 0 Å². The van der Waals surface area contributed by atoms with Crippen molar-refractivity contribution in [3.05, 3.63) is 23.0 Å². The number of halogens is 1. The summed E-state index contributed by atoms with van der Waals surface area (Å²) in [5.41, 5.74) is 0.340. The standard InChI is InChI=1S/C11H11ClN2O4/c1-18-11(17)7-2-3-13-10(12)9(7)14-5-6(15)4-8(14)16/h2-3,6,15H,4-5H2,1H3. The van der Waals surface area contributed by atoms with Gasteiger partial charge in [-0.05, 0) is 6.07 Å². The van der Waals surface area contributed by atoms with Gasteiger partial charge < -0.3 is 14.7 Å². The van der Waals surface area contributed by atoms with Crippen LogP contribution < -0.4 is 4.90 Å². The molecule has 1 saturated heterocycles. The zero-order chi connectivity index (χ0) is 13.3. The van der Waals surface area contributed by atoms with Gasteiger partial charge in [-0.1, -0.05) is 11.6 Å². The Bertz CT molecular complexity index is 506. The van der Waals surface area contributed by atoms with Crippen molar-refractivity contribution in [1.29, 1.82) is 0 Å². The van der Waals surface area contributed by atoms with Gasteiger partial charge in [-0.3, -0.25) is 4.79 Å². The number of carbonyl (C=O) groups excluding carboxylic acids is 2. The summed E-state index contributed by atoms with van der Waals surface area (Å²) in [5, 5.41) is 9.49. The van der Waals surface area contributed by atoms with Gasteiger partial charge in [-0.25, -0.2) is 9.78 Å². The number of ether oxygens (including phenoxy) is 1. The topological polar surface area (TPSA) is 79.7 Å². The maximum absolute atomic E-state index is 11.7. The fourth-order valence-corrected chi connectivity index (χ4v) is 2.12. The summed E-state index contributed by atoms with van der Waals surface area (Å²) in [5.74, 6) is -0.911. The Kier molecular flexibility index (Phi) is 3.49. The molecule has 6 nitrogen and oxygen atoms in total. The molecule has 1 atom stereocenters.